The van der Waals surface area contributed by atoms with Gasteiger partial charge < -0.3 is 9.15 Å². The third kappa shape index (κ3) is 3.43. The molecule has 6 heteroatoms. The van der Waals surface area contributed by atoms with Gasteiger partial charge in [-0.05, 0) is 50.6 Å². The molecule has 0 saturated heterocycles. The van der Waals surface area contributed by atoms with E-state index >= 15 is 0 Å². The fraction of sp³-hybridized carbons (Fsp3) is 0.182. The smallest absolute Gasteiger partial charge is 0.202 e. The zero-order valence-corrected chi connectivity index (χ0v) is 17.3. The Morgan fingerprint density at radius 3 is 2.54 bits per heavy atom. The van der Waals surface area contributed by atoms with E-state index in [-0.39, 0.29) is 5.43 Å². The molecule has 142 valence electrons. The van der Waals surface area contributed by atoms with Gasteiger partial charge in [-0.15, -0.1) is 11.3 Å². The molecule has 0 saturated carbocycles. The molecule has 2 heterocycles. The minimum Gasteiger partial charge on any atom is -0.488 e. The fourth-order valence-electron chi connectivity index (χ4n) is 3.16. The number of thiazole rings is 1. The van der Waals surface area contributed by atoms with Gasteiger partial charge in [0.05, 0.1) is 21.7 Å². The van der Waals surface area contributed by atoms with E-state index in [2.05, 4.69) is 4.98 Å². The molecular weight excluding hydrogens is 394 g/mol. The Bertz CT molecular complexity index is 1230. The van der Waals surface area contributed by atoms with Crippen LogP contribution in [0.3, 0.4) is 0 Å². The largest absolute Gasteiger partial charge is 0.488 e. The van der Waals surface area contributed by atoms with Crippen molar-refractivity contribution in [1.82, 2.24) is 4.98 Å². The second-order valence-corrected chi connectivity index (χ2v) is 8.09. The molecule has 28 heavy (non-hydrogen) atoms. The van der Waals surface area contributed by atoms with Crippen molar-refractivity contribution in [3.63, 3.8) is 0 Å². The maximum Gasteiger partial charge on any atom is 0.202 e. The van der Waals surface area contributed by atoms with Gasteiger partial charge >= 0.3 is 0 Å². The van der Waals surface area contributed by atoms with Crippen LogP contribution >= 0.6 is 22.9 Å². The number of aryl methyl sites for hydroxylation is 3. The van der Waals surface area contributed by atoms with Gasteiger partial charge in [0, 0.05) is 16.0 Å². The minimum atomic E-state index is -0.0728. The second kappa shape index (κ2) is 7.41. The van der Waals surface area contributed by atoms with Crippen LogP contribution in [0.15, 0.2) is 51.0 Å². The molecule has 0 N–H and O–H groups in total. The van der Waals surface area contributed by atoms with E-state index in [1.54, 1.807) is 13.0 Å². The molecule has 4 rings (SSSR count). The fourth-order valence-corrected chi connectivity index (χ4v) is 3.89. The SMILES string of the molecule is Cc1nc(-c2c(C)oc3c(C)c(OCc4ccc(Cl)cc4)ccc3c2=O)cs1. The number of fused-ring (bicyclic) bond motifs is 1. The van der Waals surface area contributed by atoms with Crippen LogP contribution in [-0.2, 0) is 6.61 Å². The molecule has 0 unspecified atom stereocenters. The van der Waals surface area contributed by atoms with Crippen LogP contribution in [0, 0.1) is 20.8 Å². The molecule has 0 fully saturated rings. The molecule has 4 nitrogen and oxygen atoms in total. The molecule has 0 amide bonds. The van der Waals surface area contributed by atoms with Crippen molar-refractivity contribution in [2.75, 3.05) is 0 Å². The van der Waals surface area contributed by atoms with Crippen molar-refractivity contribution >= 4 is 33.9 Å². The average Bonchev–Trinajstić information content (AvgIpc) is 3.09. The Kier molecular flexibility index (Phi) is 4.96. The first-order chi connectivity index (χ1) is 13.4. The van der Waals surface area contributed by atoms with Gasteiger partial charge in [-0.3, -0.25) is 4.79 Å². The predicted molar refractivity (Wildman–Crippen MR) is 114 cm³/mol. The summed E-state index contributed by atoms with van der Waals surface area (Å²) in [5.41, 5.74) is 3.47. The maximum absolute atomic E-state index is 13.1. The lowest BCUT2D eigenvalue weighted by molar-refractivity contribution is 0.304. The molecule has 0 aliphatic carbocycles. The second-order valence-electron chi connectivity index (χ2n) is 6.59. The number of hydrogen-bond donors (Lipinski definition) is 0. The third-order valence-corrected chi connectivity index (χ3v) is 5.64. The quantitative estimate of drug-likeness (QED) is 0.408. The molecule has 2 aromatic heterocycles. The van der Waals surface area contributed by atoms with Crippen LogP contribution in [0.25, 0.3) is 22.2 Å². The highest BCUT2D eigenvalue weighted by Crippen LogP contribution is 2.31. The monoisotopic (exact) mass is 411 g/mol. The zero-order valence-electron chi connectivity index (χ0n) is 15.7. The summed E-state index contributed by atoms with van der Waals surface area (Å²) in [5.74, 6) is 1.24. The molecule has 4 aromatic rings. The van der Waals surface area contributed by atoms with Gasteiger partial charge in [0.15, 0.2) is 0 Å². The summed E-state index contributed by atoms with van der Waals surface area (Å²) < 4.78 is 12.0. The molecule has 0 radical (unpaired) electrons. The normalized spacial score (nSPS) is 11.1. The Labute approximate surface area is 171 Å². The van der Waals surface area contributed by atoms with Crippen molar-refractivity contribution in [3.05, 3.63) is 78.9 Å². The molecule has 2 aromatic carbocycles. The Balaban J connectivity index is 1.73. The van der Waals surface area contributed by atoms with Gasteiger partial charge in [-0.25, -0.2) is 4.98 Å². The van der Waals surface area contributed by atoms with Crippen LogP contribution in [0.4, 0.5) is 0 Å². The van der Waals surface area contributed by atoms with Crippen molar-refractivity contribution in [2.24, 2.45) is 0 Å². The molecular formula is C22H18ClNO3S. The van der Waals surface area contributed by atoms with E-state index in [0.29, 0.717) is 45.4 Å². The van der Waals surface area contributed by atoms with Crippen molar-refractivity contribution < 1.29 is 9.15 Å². The number of hydrogen-bond acceptors (Lipinski definition) is 5. The van der Waals surface area contributed by atoms with Crippen LogP contribution in [-0.4, -0.2) is 4.98 Å². The summed E-state index contributed by atoms with van der Waals surface area (Å²) in [6, 6.07) is 11.1. The van der Waals surface area contributed by atoms with E-state index in [0.717, 1.165) is 16.1 Å². The van der Waals surface area contributed by atoms with Crippen LogP contribution in [0.1, 0.15) is 21.9 Å². The topological polar surface area (TPSA) is 52.3 Å². The average molecular weight is 412 g/mol. The van der Waals surface area contributed by atoms with E-state index < -0.39 is 0 Å². The van der Waals surface area contributed by atoms with Crippen molar-refractivity contribution in [1.29, 1.82) is 0 Å². The summed E-state index contributed by atoms with van der Waals surface area (Å²) in [7, 11) is 0. The van der Waals surface area contributed by atoms with Gasteiger partial charge in [0.2, 0.25) is 5.43 Å². The van der Waals surface area contributed by atoms with Crippen LogP contribution in [0.2, 0.25) is 5.02 Å². The van der Waals surface area contributed by atoms with Crippen LogP contribution in [0.5, 0.6) is 5.75 Å². The maximum atomic E-state index is 13.1. The van der Waals surface area contributed by atoms with Crippen LogP contribution < -0.4 is 10.2 Å². The van der Waals surface area contributed by atoms with Gasteiger partial charge in [-0.1, -0.05) is 23.7 Å². The standard InChI is InChI=1S/C22H18ClNO3S/c1-12-19(26-10-15-4-6-16(23)7-5-15)9-8-17-21(25)20(13(2)27-22(12)17)18-11-28-14(3)24-18/h4-9,11H,10H2,1-3H3. The minimum absolute atomic E-state index is 0.0728. The van der Waals surface area contributed by atoms with E-state index in [9.17, 15) is 4.79 Å². The molecule has 0 aliphatic rings. The first kappa shape index (κ1) is 18.7. The number of ether oxygens (including phenoxy) is 1. The number of nitrogens with zero attached hydrogens (tertiary/aromatic N) is 1. The highest BCUT2D eigenvalue weighted by molar-refractivity contribution is 7.09. The Morgan fingerprint density at radius 2 is 1.86 bits per heavy atom. The highest BCUT2D eigenvalue weighted by Gasteiger charge is 2.18. The lowest BCUT2D eigenvalue weighted by Gasteiger charge is -2.12. The van der Waals surface area contributed by atoms with E-state index in [1.807, 2.05) is 49.6 Å². The van der Waals surface area contributed by atoms with Crippen molar-refractivity contribution in [2.45, 2.75) is 27.4 Å². The highest BCUT2D eigenvalue weighted by atomic mass is 35.5. The Hall–Kier alpha value is -2.63. The lowest BCUT2D eigenvalue weighted by Crippen LogP contribution is -2.09. The first-order valence-corrected chi connectivity index (χ1v) is 10.1. The summed E-state index contributed by atoms with van der Waals surface area (Å²) in [6.45, 7) is 6.02. The predicted octanol–water partition coefficient (Wildman–Crippen LogP) is 6.07. The zero-order chi connectivity index (χ0) is 19.8. The van der Waals surface area contributed by atoms with Gasteiger partial charge in [0.25, 0.3) is 0 Å². The number of rotatable bonds is 4. The molecule has 0 aliphatic heterocycles. The van der Waals surface area contributed by atoms with Gasteiger partial charge in [-0.2, -0.15) is 0 Å². The lowest BCUT2D eigenvalue weighted by atomic mass is 10.1. The number of benzene rings is 2. The molecule has 0 bridgehead atoms. The molecule has 0 spiro atoms. The summed E-state index contributed by atoms with van der Waals surface area (Å²) in [6.07, 6.45) is 0. The molecule has 0 atom stereocenters. The van der Waals surface area contributed by atoms with Gasteiger partial charge in [0.1, 0.15) is 23.7 Å². The number of halogens is 1. The summed E-state index contributed by atoms with van der Waals surface area (Å²) >= 11 is 7.43. The van der Waals surface area contributed by atoms with E-state index in [4.69, 9.17) is 20.8 Å². The van der Waals surface area contributed by atoms with Crippen molar-refractivity contribution in [3.8, 4) is 17.0 Å². The first-order valence-electron chi connectivity index (χ1n) is 8.81. The third-order valence-electron chi connectivity index (χ3n) is 4.62. The summed E-state index contributed by atoms with van der Waals surface area (Å²) in [4.78, 5) is 17.5. The Morgan fingerprint density at radius 1 is 1.11 bits per heavy atom. The number of aromatic nitrogens is 1. The van der Waals surface area contributed by atoms with E-state index in [1.165, 1.54) is 11.3 Å². The summed E-state index contributed by atoms with van der Waals surface area (Å²) in [5, 5.41) is 4.02.